The Morgan fingerprint density at radius 3 is 2.48 bits per heavy atom. The molecule has 5 rings (SSSR count). The van der Waals surface area contributed by atoms with Crippen LogP contribution >= 0.6 is 0 Å². The van der Waals surface area contributed by atoms with Crippen molar-refractivity contribution in [1.29, 1.82) is 0 Å². The van der Waals surface area contributed by atoms with Crippen LogP contribution < -0.4 is 11.1 Å². The molecule has 4 bridgehead atoms. The van der Waals surface area contributed by atoms with Crippen LogP contribution in [0.4, 0.5) is 4.79 Å². The van der Waals surface area contributed by atoms with Crippen molar-refractivity contribution >= 4 is 6.09 Å². The topological polar surface area (TPSA) is 114 Å². The maximum atomic E-state index is 10.4. The van der Waals surface area contributed by atoms with Gasteiger partial charge in [-0.05, 0) is 75.5 Å². The van der Waals surface area contributed by atoms with Crippen molar-refractivity contribution in [2.24, 2.45) is 23.5 Å². The first-order valence-corrected chi connectivity index (χ1v) is 9.60. The molecule has 7 nitrogen and oxygen atoms in total. The number of rotatable bonds is 7. The zero-order valence-corrected chi connectivity index (χ0v) is 14.6. The van der Waals surface area contributed by atoms with Gasteiger partial charge in [-0.25, -0.2) is 4.79 Å². The summed E-state index contributed by atoms with van der Waals surface area (Å²) in [5.41, 5.74) is 6.35. The molecule has 7 heteroatoms. The fourth-order valence-corrected chi connectivity index (χ4v) is 5.79. The van der Waals surface area contributed by atoms with Crippen molar-refractivity contribution in [2.45, 2.75) is 69.2 Å². The van der Waals surface area contributed by atoms with Crippen molar-refractivity contribution in [3.63, 3.8) is 0 Å². The largest absolute Gasteiger partial charge is 0.465 e. The van der Waals surface area contributed by atoms with Crippen LogP contribution in [0, 0.1) is 17.8 Å². The van der Waals surface area contributed by atoms with Crippen LogP contribution in [0.3, 0.4) is 0 Å². The van der Waals surface area contributed by atoms with E-state index in [4.69, 9.17) is 20.3 Å². The van der Waals surface area contributed by atoms with Gasteiger partial charge in [-0.2, -0.15) is 4.98 Å². The maximum Gasteiger partial charge on any atom is 0.404 e. The molecule has 1 unspecified atom stereocenters. The van der Waals surface area contributed by atoms with Crippen molar-refractivity contribution in [3.8, 4) is 0 Å². The van der Waals surface area contributed by atoms with Crippen molar-refractivity contribution in [3.05, 3.63) is 11.7 Å². The van der Waals surface area contributed by atoms with E-state index in [1.54, 1.807) is 0 Å². The first kappa shape index (κ1) is 16.8. The number of nitrogens with zero attached hydrogens (tertiary/aromatic N) is 2. The number of hydrogen-bond acceptors (Lipinski definition) is 5. The third kappa shape index (κ3) is 3.38. The lowest BCUT2D eigenvalue weighted by Gasteiger charge is -2.55. The highest BCUT2D eigenvalue weighted by atomic mass is 16.5. The van der Waals surface area contributed by atoms with E-state index in [1.807, 2.05) is 0 Å². The molecule has 138 valence electrons. The summed E-state index contributed by atoms with van der Waals surface area (Å²) in [6.45, 7) is 0.449. The van der Waals surface area contributed by atoms with Crippen molar-refractivity contribution in [1.82, 2.24) is 15.5 Å². The van der Waals surface area contributed by atoms with Crippen LogP contribution in [0.2, 0.25) is 0 Å². The van der Waals surface area contributed by atoms with Crippen LogP contribution in [0.5, 0.6) is 0 Å². The Kier molecular flexibility index (Phi) is 4.43. The van der Waals surface area contributed by atoms with Crippen molar-refractivity contribution in [2.75, 3.05) is 6.54 Å². The first-order valence-electron chi connectivity index (χ1n) is 9.60. The summed E-state index contributed by atoms with van der Waals surface area (Å²) in [5, 5.41) is 15.3. The smallest absolute Gasteiger partial charge is 0.404 e. The predicted molar refractivity (Wildman–Crippen MR) is 91.0 cm³/mol. The molecule has 4 saturated carbocycles. The minimum atomic E-state index is -0.985. The third-order valence-corrected chi connectivity index (χ3v) is 6.49. The van der Waals surface area contributed by atoms with E-state index >= 15 is 0 Å². The second kappa shape index (κ2) is 6.59. The summed E-state index contributed by atoms with van der Waals surface area (Å²) in [5.74, 6) is 3.98. The van der Waals surface area contributed by atoms with Gasteiger partial charge in [0, 0.05) is 12.0 Å². The number of aromatic nitrogens is 2. The van der Waals surface area contributed by atoms with E-state index in [-0.39, 0.29) is 11.5 Å². The van der Waals surface area contributed by atoms with E-state index in [0.29, 0.717) is 12.4 Å². The molecule has 4 fully saturated rings. The maximum absolute atomic E-state index is 10.4. The zero-order chi connectivity index (χ0) is 17.4. The average molecular weight is 348 g/mol. The Hall–Kier alpha value is -1.63. The number of carbonyl (C=O) groups is 1. The highest BCUT2D eigenvalue weighted by Crippen LogP contribution is 2.60. The molecule has 4 N–H and O–H groups in total. The second-order valence-electron chi connectivity index (χ2n) is 8.49. The monoisotopic (exact) mass is 348 g/mol. The lowest BCUT2D eigenvalue weighted by Crippen LogP contribution is -2.49. The van der Waals surface area contributed by atoms with E-state index < -0.39 is 6.09 Å². The summed E-state index contributed by atoms with van der Waals surface area (Å²) in [6, 6.07) is -0.264. The van der Waals surface area contributed by atoms with E-state index in [2.05, 4.69) is 10.5 Å². The van der Waals surface area contributed by atoms with Gasteiger partial charge in [-0.15, -0.1) is 0 Å². The molecule has 0 radical (unpaired) electrons. The molecule has 1 atom stereocenters. The Morgan fingerprint density at radius 1 is 1.24 bits per heavy atom. The predicted octanol–water partition coefficient (Wildman–Crippen LogP) is 2.98. The van der Waals surface area contributed by atoms with Gasteiger partial charge in [0.2, 0.25) is 5.89 Å². The number of carboxylic acid groups (broad SMARTS) is 1. The molecule has 0 aliphatic heterocycles. The molecule has 4 aliphatic carbocycles. The summed E-state index contributed by atoms with van der Waals surface area (Å²) < 4.78 is 5.52. The summed E-state index contributed by atoms with van der Waals surface area (Å²) in [4.78, 5) is 15.1. The van der Waals surface area contributed by atoms with Crippen LogP contribution in [0.25, 0.3) is 0 Å². The van der Waals surface area contributed by atoms with E-state index in [0.717, 1.165) is 42.8 Å². The SMILES string of the molecule is NC(CCCCNC(=O)O)c1nc(C23CC4CC(CC(C4)C2)C3)no1. The number of nitrogens with one attached hydrogen (secondary N) is 1. The number of nitrogens with two attached hydrogens (primary N) is 1. The van der Waals surface area contributed by atoms with Crippen LogP contribution in [-0.2, 0) is 5.41 Å². The van der Waals surface area contributed by atoms with Crippen molar-refractivity contribution < 1.29 is 14.4 Å². The molecule has 1 aromatic rings. The van der Waals surface area contributed by atoms with Gasteiger partial charge in [0.25, 0.3) is 0 Å². The van der Waals surface area contributed by atoms with Gasteiger partial charge in [0.1, 0.15) is 0 Å². The van der Waals surface area contributed by atoms with Gasteiger partial charge in [0.05, 0.1) is 6.04 Å². The van der Waals surface area contributed by atoms with Gasteiger partial charge in [-0.1, -0.05) is 5.16 Å². The van der Waals surface area contributed by atoms with E-state index in [1.165, 1.54) is 38.5 Å². The quantitative estimate of drug-likeness (QED) is 0.653. The Labute approximate surface area is 147 Å². The second-order valence-corrected chi connectivity index (χ2v) is 8.49. The highest BCUT2D eigenvalue weighted by Gasteiger charge is 2.53. The molecule has 0 spiro atoms. The molecule has 25 heavy (non-hydrogen) atoms. The highest BCUT2D eigenvalue weighted by molar-refractivity contribution is 5.64. The fraction of sp³-hybridized carbons (Fsp3) is 0.833. The van der Waals surface area contributed by atoms with Gasteiger partial charge >= 0.3 is 6.09 Å². The standard InChI is InChI=1S/C18H28N4O3/c19-14(3-1-2-4-20-17(23)24)15-21-16(22-25-15)18-8-11-5-12(9-18)7-13(6-11)10-18/h11-14,20H,1-10,19H2,(H,23,24). The Morgan fingerprint density at radius 2 is 1.88 bits per heavy atom. The van der Waals surface area contributed by atoms with E-state index in [9.17, 15) is 4.79 Å². The average Bonchev–Trinajstić information content (AvgIpc) is 3.03. The van der Waals surface area contributed by atoms with Gasteiger partial charge in [0.15, 0.2) is 5.82 Å². The fourth-order valence-electron chi connectivity index (χ4n) is 5.79. The number of unbranched alkanes of at least 4 members (excludes halogenated alkanes) is 1. The third-order valence-electron chi connectivity index (χ3n) is 6.49. The number of amides is 1. The molecular formula is C18H28N4O3. The summed E-state index contributed by atoms with van der Waals surface area (Å²) >= 11 is 0. The van der Waals surface area contributed by atoms with Crippen LogP contribution in [0.15, 0.2) is 4.52 Å². The molecule has 4 aliphatic rings. The van der Waals surface area contributed by atoms with Crippen LogP contribution in [-0.4, -0.2) is 27.9 Å². The zero-order valence-electron chi connectivity index (χ0n) is 14.6. The molecular weight excluding hydrogens is 320 g/mol. The first-order chi connectivity index (χ1) is 12.0. The summed E-state index contributed by atoms with van der Waals surface area (Å²) in [6.07, 6.45) is 9.17. The minimum absolute atomic E-state index is 0.141. The Bertz CT molecular complexity index is 594. The molecule has 0 saturated heterocycles. The molecule has 1 heterocycles. The minimum Gasteiger partial charge on any atom is -0.465 e. The lowest BCUT2D eigenvalue weighted by atomic mass is 9.49. The Balaban J connectivity index is 1.35. The molecule has 1 aromatic heterocycles. The van der Waals surface area contributed by atoms with Gasteiger partial charge < -0.3 is 20.7 Å². The lowest BCUT2D eigenvalue weighted by molar-refractivity contribution is -0.0103. The number of hydrogen-bond donors (Lipinski definition) is 3. The van der Waals surface area contributed by atoms with Gasteiger partial charge in [-0.3, -0.25) is 0 Å². The molecule has 1 amide bonds. The van der Waals surface area contributed by atoms with Crippen LogP contribution in [0.1, 0.15) is 75.5 Å². The molecule has 0 aromatic carbocycles. The normalized spacial score (nSPS) is 34.2. The summed E-state index contributed by atoms with van der Waals surface area (Å²) in [7, 11) is 0.